The fraction of sp³-hybridized carbons (Fsp3) is 0.600. The molecule has 0 atom stereocenters. The molecule has 1 aromatic rings. The van der Waals surface area contributed by atoms with Crippen molar-refractivity contribution in [1.29, 1.82) is 0 Å². The molecule has 0 aliphatic heterocycles. The first kappa shape index (κ1) is 6.07. The molecule has 1 aromatic heterocycles. The molecule has 0 bridgehead atoms. The molecule has 1 heterocycles. The van der Waals surface area contributed by atoms with Crippen LogP contribution in [0.3, 0.4) is 0 Å². The van der Waals surface area contributed by atoms with E-state index in [0.29, 0.717) is 5.82 Å². The van der Waals surface area contributed by atoms with E-state index in [4.69, 9.17) is 0 Å². The lowest BCUT2D eigenvalue weighted by molar-refractivity contribution is 0.376. The molecular formula is C5H8N2O2. The van der Waals surface area contributed by atoms with Crippen molar-refractivity contribution < 1.29 is 4.52 Å². The van der Waals surface area contributed by atoms with Crippen molar-refractivity contribution in [3.8, 4) is 0 Å². The van der Waals surface area contributed by atoms with Crippen LogP contribution >= 0.6 is 0 Å². The van der Waals surface area contributed by atoms with Crippen LogP contribution in [0.1, 0.15) is 12.7 Å². The monoisotopic (exact) mass is 128 g/mol. The number of hydrogen-bond donors (Lipinski definition) is 0. The Labute approximate surface area is 52.1 Å². The zero-order valence-electron chi connectivity index (χ0n) is 5.42. The largest absolute Gasteiger partial charge is 0.441 e. The predicted molar refractivity (Wildman–Crippen MR) is 31.1 cm³/mol. The van der Waals surface area contributed by atoms with Gasteiger partial charge in [0.15, 0.2) is 5.82 Å². The second-order valence-corrected chi connectivity index (χ2v) is 1.78. The van der Waals surface area contributed by atoms with Crippen molar-refractivity contribution in [2.45, 2.75) is 13.3 Å². The van der Waals surface area contributed by atoms with Crippen LogP contribution in [0.5, 0.6) is 0 Å². The molecule has 0 spiro atoms. The highest BCUT2D eigenvalue weighted by Gasteiger charge is 2.00. The second kappa shape index (κ2) is 2.05. The van der Waals surface area contributed by atoms with Crippen molar-refractivity contribution in [2.75, 3.05) is 0 Å². The van der Waals surface area contributed by atoms with Crippen LogP contribution < -0.4 is 5.76 Å². The number of aromatic nitrogens is 2. The molecule has 0 saturated carbocycles. The molecule has 0 aliphatic rings. The van der Waals surface area contributed by atoms with E-state index in [9.17, 15) is 4.79 Å². The summed E-state index contributed by atoms with van der Waals surface area (Å²) in [6.07, 6.45) is 0.724. The van der Waals surface area contributed by atoms with Gasteiger partial charge in [0.25, 0.3) is 0 Å². The molecule has 0 radical (unpaired) electrons. The van der Waals surface area contributed by atoms with E-state index in [0.717, 1.165) is 6.42 Å². The molecule has 4 nitrogen and oxygen atoms in total. The van der Waals surface area contributed by atoms with E-state index in [2.05, 4.69) is 9.68 Å². The lowest BCUT2D eigenvalue weighted by atomic mass is 10.5. The summed E-state index contributed by atoms with van der Waals surface area (Å²) in [5.41, 5.74) is 0. The minimum atomic E-state index is -0.396. The van der Waals surface area contributed by atoms with Gasteiger partial charge in [0, 0.05) is 13.5 Å². The number of rotatable bonds is 1. The van der Waals surface area contributed by atoms with Gasteiger partial charge in [-0.3, -0.25) is 9.09 Å². The molecule has 0 unspecified atom stereocenters. The van der Waals surface area contributed by atoms with Gasteiger partial charge in [-0.1, -0.05) is 12.1 Å². The average molecular weight is 128 g/mol. The van der Waals surface area contributed by atoms with Gasteiger partial charge >= 0.3 is 5.76 Å². The van der Waals surface area contributed by atoms with Gasteiger partial charge in [-0.25, -0.2) is 4.79 Å². The quantitative estimate of drug-likeness (QED) is 0.532. The van der Waals surface area contributed by atoms with Gasteiger partial charge in [0.1, 0.15) is 0 Å². The molecule has 1 rings (SSSR count). The summed E-state index contributed by atoms with van der Waals surface area (Å²) in [5.74, 6) is 0.284. The van der Waals surface area contributed by atoms with Gasteiger partial charge in [0.2, 0.25) is 0 Å². The first-order valence-electron chi connectivity index (χ1n) is 2.77. The fourth-order valence-corrected chi connectivity index (χ4v) is 0.621. The van der Waals surface area contributed by atoms with Gasteiger partial charge < -0.3 is 0 Å². The topological polar surface area (TPSA) is 48.0 Å². The van der Waals surface area contributed by atoms with E-state index in [1.54, 1.807) is 7.05 Å². The van der Waals surface area contributed by atoms with Crippen molar-refractivity contribution in [2.24, 2.45) is 7.05 Å². The molecule has 4 heteroatoms. The Morgan fingerprint density at radius 1 is 1.78 bits per heavy atom. The lowest BCUT2D eigenvalue weighted by Gasteiger charge is -1.87. The van der Waals surface area contributed by atoms with Gasteiger partial charge in [-0.15, -0.1) is 0 Å². The second-order valence-electron chi connectivity index (χ2n) is 1.78. The predicted octanol–water partition coefficient (Wildman–Crippen LogP) is -0.0643. The standard InChI is InChI=1S/C5H8N2O2/c1-3-4-6-9-5(8)7(4)2/h3H2,1-2H3. The van der Waals surface area contributed by atoms with Crippen LogP contribution in [-0.2, 0) is 13.5 Å². The van der Waals surface area contributed by atoms with E-state index in [1.807, 2.05) is 6.92 Å². The summed E-state index contributed by atoms with van der Waals surface area (Å²) in [4.78, 5) is 10.5. The van der Waals surface area contributed by atoms with Crippen molar-refractivity contribution in [1.82, 2.24) is 9.72 Å². The third-order valence-corrected chi connectivity index (χ3v) is 1.21. The highest BCUT2D eigenvalue weighted by molar-refractivity contribution is 4.79. The van der Waals surface area contributed by atoms with E-state index >= 15 is 0 Å². The van der Waals surface area contributed by atoms with Crippen LogP contribution in [0.15, 0.2) is 9.32 Å². The Balaban J connectivity index is 3.20. The average Bonchev–Trinajstić information content (AvgIpc) is 2.15. The maximum Gasteiger partial charge on any atom is 0.441 e. The molecule has 0 saturated heterocycles. The minimum absolute atomic E-state index is 0.396. The normalized spacial score (nSPS) is 10.0. The van der Waals surface area contributed by atoms with E-state index in [-0.39, 0.29) is 0 Å². The molecule has 9 heavy (non-hydrogen) atoms. The zero-order valence-corrected chi connectivity index (χ0v) is 5.42. The SMILES string of the molecule is CCc1noc(=O)n1C. The minimum Gasteiger partial charge on any atom is -0.296 e. The summed E-state index contributed by atoms with van der Waals surface area (Å²) in [5, 5.41) is 3.51. The highest BCUT2D eigenvalue weighted by atomic mass is 16.5. The van der Waals surface area contributed by atoms with Crippen molar-refractivity contribution in [3.05, 3.63) is 16.4 Å². The number of hydrogen-bond acceptors (Lipinski definition) is 3. The Bertz CT molecular complexity index is 248. The summed E-state index contributed by atoms with van der Waals surface area (Å²) < 4.78 is 5.73. The van der Waals surface area contributed by atoms with Gasteiger partial charge in [0.05, 0.1) is 0 Å². The number of nitrogens with zero attached hydrogens (tertiary/aromatic N) is 2. The number of aryl methyl sites for hydroxylation is 1. The molecular weight excluding hydrogens is 120 g/mol. The maximum absolute atomic E-state index is 10.5. The smallest absolute Gasteiger partial charge is 0.296 e. The molecule has 0 aliphatic carbocycles. The highest BCUT2D eigenvalue weighted by Crippen LogP contribution is 1.87. The Hall–Kier alpha value is -1.06. The van der Waals surface area contributed by atoms with Crippen LogP contribution in [0.2, 0.25) is 0 Å². The molecule has 0 fully saturated rings. The van der Waals surface area contributed by atoms with Crippen LogP contribution in [0, 0.1) is 0 Å². The van der Waals surface area contributed by atoms with Crippen LogP contribution in [-0.4, -0.2) is 9.72 Å². The van der Waals surface area contributed by atoms with E-state index in [1.165, 1.54) is 4.57 Å². The summed E-state index contributed by atoms with van der Waals surface area (Å²) in [6, 6.07) is 0. The van der Waals surface area contributed by atoms with Crippen molar-refractivity contribution in [3.63, 3.8) is 0 Å². The van der Waals surface area contributed by atoms with E-state index < -0.39 is 5.76 Å². The first-order chi connectivity index (χ1) is 4.25. The zero-order chi connectivity index (χ0) is 6.85. The molecule has 50 valence electrons. The Morgan fingerprint density at radius 3 is 2.67 bits per heavy atom. The van der Waals surface area contributed by atoms with Gasteiger partial charge in [-0.05, 0) is 0 Å². The molecule has 0 N–H and O–H groups in total. The lowest BCUT2D eigenvalue weighted by Crippen LogP contribution is -2.11. The first-order valence-corrected chi connectivity index (χ1v) is 2.77. The molecule has 0 amide bonds. The van der Waals surface area contributed by atoms with Crippen molar-refractivity contribution >= 4 is 0 Å². The van der Waals surface area contributed by atoms with Gasteiger partial charge in [-0.2, -0.15) is 0 Å². The van der Waals surface area contributed by atoms with Crippen LogP contribution in [0.25, 0.3) is 0 Å². The summed E-state index contributed by atoms with van der Waals surface area (Å²) >= 11 is 0. The van der Waals surface area contributed by atoms with Crippen LogP contribution in [0.4, 0.5) is 0 Å². The Morgan fingerprint density at radius 2 is 2.44 bits per heavy atom. The molecule has 0 aromatic carbocycles. The fourth-order valence-electron chi connectivity index (χ4n) is 0.621. The summed E-state index contributed by atoms with van der Waals surface area (Å²) in [7, 11) is 1.64. The Kier molecular flexibility index (Phi) is 1.38. The third kappa shape index (κ3) is 0.872. The third-order valence-electron chi connectivity index (χ3n) is 1.21. The summed E-state index contributed by atoms with van der Waals surface area (Å²) in [6.45, 7) is 1.91. The maximum atomic E-state index is 10.5.